The monoisotopic (exact) mass is 926 g/mol. The van der Waals surface area contributed by atoms with E-state index in [1.807, 2.05) is 62.4 Å². The van der Waals surface area contributed by atoms with E-state index in [1.54, 1.807) is 76.2 Å². The molecule has 2 aliphatic rings. The van der Waals surface area contributed by atoms with Gasteiger partial charge in [-0.3, -0.25) is 29.0 Å². The maximum atomic E-state index is 14.7. The first-order valence-corrected chi connectivity index (χ1v) is 25.2. The number of carbonyl (C=O) groups is 4. The molecule has 12 nitrogen and oxygen atoms in total. The average Bonchev–Trinajstić information content (AvgIpc) is 3.25. The smallest absolute Gasteiger partial charge is 0.261 e. The molecule has 0 radical (unpaired) electrons. The van der Waals surface area contributed by atoms with Crippen LogP contribution in [-0.4, -0.2) is 98.1 Å². The third-order valence-corrected chi connectivity index (χ3v) is 17.2. The lowest BCUT2D eigenvalue weighted by Crippen LogP contribution is -2.43. The average molecular weight is 927 g/mol. The number of amides is 4. The quantitative estimate of drug-likeness (QED) is 0.0652. The molecule has 0 unspecified atom stereocenters. The molecule has 0 fully saturated rings. The Morgan fingerprint density at radius 2 is 0.682 bits per heavy atom. The van der Waals surface area contributed by atoms with E-state index < -0.39 is 43.7 Å². The van der Waals surface area contributed by atoms with Crippen LogP contribution in [0.2, 0.25) is 0 Å². The van der Waals surface area contributed by atoms with Gasteiger partial charge in [-0.25, -0.2) is 16.8 Å². The van der Waals surface area contributed by atoms with Gasteiger partial charge in [-0.1, -0.05) is 83.9 Å². The summed E-state index contributed by atoms with van der Waals surface area (Å²) < 4.78 is 61.4. The lowest BCUT2D eigenvalue weighted by atomic mass is 9.94. The minimum Gasteiger partial charge on any atom is -0.274 e. The minimum atomic E-state index is -4.11. The van der Waals surface area contributed by atoms with Crippen LogP contribution in [0.4, 0.5) is 0 Å². The van der Waals surface area contributed by atoms with Gasteiger partial charge < -0.3 is 0 Å². The van der Waals surface area contributed by atoms with E-state index in [0.717, 1.165) is 21.9 Å². The lowest BCUT2D eigenvalue weighted by Gasteiger charge is -2.29. The molecule has 6 aromatic carbocycles. The predicted octanol–water partition coefficient (Wildman–Crippen LogP) is 8.68. The summed E-state index contributed by atoms with van der Waals surface area (Å²) in [5.41, 5.74) is 5.90. The van der Waals surface area contributed by atoms with Crippen LogP contribution in [0.25, 0.3) is 21.5 Å². The molecule has 0 aliphatic carbocycles. The zero-order chi connectivity index (χ0) is 47.2. The standard InChI is InChI=1S/C52H54N4O8S2/c1-33-29-35(3)47(36(4)30-33)65(61,62)53(25-13-27-55-49(57)41-19-9-15-39-16-10-20-42(45(39)41)50(55)58)23-7-8-24-54(66(63,64)48-37(5)31-34(2)32-38(48)6)26-14-28-56-51(59)43-21-11-17-40-18-12-22-44(46(40)43)52(56)60/h9-12,15-22,29-32H,7-8,13-14,23-28H2,1-6H3. The number of carbonyl (C=O) groups excluding carboxylic acids is 4. The molecular formula is C52H54N4O8S2. The SMILES string of the molecule is Cc1cc(C)c(S(=O)(=O)N(CCCCN(CCCN2C(=O)c3cccc4cccc(c34)C2=O)S(=O)(=O)c2c(C)cc(C)cc2C)CCCN2C(=O)c3cccc4cccc(c34)C2=O)c(C)c1. The van der Waals surface area contributed by atoms with E-state index in [9.17, 15) is 36.0 Å². The lowest BCUT2D eigenvalue weighted by molar-refractivity contribution is 0.0591. The number of unbranched alkanes of at least 4 members (excludes halogenated alkanes) is 1. The van der Waals surface area contributed by atoms with Crippen LogP contribution in [-0.2, 0) is 20.0 Å². The Hall–Kier alpha value is -6.06. The molecule has 342 valence electrons. The zero-order valence-corrected chi connectivity index (χ0v) is 39.8. The third kappa shape index (κ3) is 8.47. The second kappa shape index (κ2) is 18.3. The first-order valence-electron chi connectivity index (χ1n) is 22.3. The highest BCUT2D eigenvalue weighted by molar-refractivity contribution is 7.89. The molecule has 8 rings (SSSR count). The number of hydrogen-bond acceptors (Lipinski definition) is 8. The summed E-state index contributed by atoms with van der Waals surface area (Å²) in [5.74, 6) is -1.72. The maximum Gasteiger partial charge on any atom is 0.261 e. The molecule has 0 atom stereocenters. The molecule has 6 aromatic rings. The fourth-order valence-corrected chi connectivity index (χ4v) is 13.9. The Balaban J connectivity index is 1.01. The van der Waals surface area contributed by atoms with Crippen molar-refractivity contribution in [3.63, 3.8) is 0 Å². The van der Waals surface area contributed by atoms with Crippen molar-refractivity contribution in [1.29, 1.82) is 0 Å². The molecule has 0 saturated carbocycles. The van der Waals surface area contributed by atoms with Crippen molar-refractivity contribution < 1.29 is 36.0 Å². The molecule has 66 heavy (non-hydrogen) atoms. The second-order valence-corrected chi connectivity index (χ2v) is 21.4. The molecule has 2 aliphatic heterocycles. The first-order chi connectivity index (χ1) is 31.4. The molecule has 4 amide bonds. The Morgan fingerprint density at radius 1 is 0.409 bits per heavy atom. The van der Waals surface area contributed by atoms with E-state index in [2.05, 4.69) is 0 Å². The van der Waals surface area contributed by atoms with Crippen LogP contribution in [0.3, 0.4) is 0 Å². The summed E-state index contributed by atoms with van der Waals surface area (Å²) in [6, 6.07) is 28.6. The summed E-state index contributed by atoms with van der Waals surface area (Å²) in [5, 5.41) is 2.81. The van der Waals surface area contributed by atoms with Gasteiger partial charge in [0.2, 0.25) is 20.0 Å². The normalized spacial score (nSPS) is 14.2. The van der Waals surface area contributed by atoms with Crippen molar-refractivity contribution in [1.82, 2.24) is 18.4 Å². The molecule has 0 N–H and O–H groups in total. The van der Waals surface area contributed by atoms with E-state index >= 15 is 0 Å². The summed E-state index contributed by atoms with van der Waals surface area (Å²) in [6.07, 6.45) is 0.889. The number of imide groups is 2. The van der Waals surface area contributed by atoms with Crippen molar-refractivity contribution in [2.75, 3.05) is 39.3 Å². The molecule has 0 bridgehead atoms. The van der Waals surface area contributed by atoms with Crippen molar-refractivity contribution >= 4 is 65.2 Å². The number of rotatable bonds is 17. The highest BCUT2D eigenvalue weighted by atomic mass is 32.2. The van der Waals surface area contributed by atoms with Crippen molar-refractivity contribution in [2.45, 2.75) is 77.0 Å². The predicted molar refractivity (Wildman–Crippen MR) is 256 cm³/mol. The topological polar surface area (TPSA) is 150 Å². The Kier molecular flexibility index (Phi) is 12.9. The van der Waals surface area contributed by atoms with Gasteiger partial charge >= 0.3 is 0 Å². The van der Waals surface area contributed by atoms with Crippen molar-refractivity contribution in [3.05, 3.63) is 153 Å². The Labute approximate surface area is 386 Å². The van der Waals surface area contributed by atoms with Gasteiger partial charge in [0.1, 0.15) is 0 Å². The van der Waals surface area contributed by atoms with Crippen LogP contribution in [0, 0.1) is 41.5 Å². The van der Waals surface area contributed by atoms with E-state index in [4.69, 9.17) is 0 Å². The molecule has 0 aromatic heterocycles. The summed E-state index contributed by atoms with van der Waals surface area (Å²) in [7, 11) is -8.21. The van der Waals surface area contributed by atoms with Crippen LogP contribution in [0.5, 0.6) is 0 Å². The Morgan fingerprint density at radius 3 is 0.970 bits per heavy atom. The van der Waals surface area contributed by atoms with Crippen LogP contribution in [0.1, 0.15) is 100 Å². The molecule has 2 heterocycles. The van der Waals surface area contributed by atoms with Crippen molar-refractivity contribution in [2.24, 2.45) is 0 Å². The summed E-state index contributed by atoms with van der Waals surface area (Å²) in [4.78, 5) is 57.6. The molecule has 14 heteroatoms. The number of aryl methyl sites for hydroxylation is 6. The summed E-state index contributed by atoms with van der Waals surface area (Å²) >= 11 is 0. The molecule has 0 spiro atoms. The molecule has 0 saturated heterocycles. The largest absolute Gasteiger partial charge is 0.274 e. The highest BCUT2D eigenvalue weighted by Crippen LogP contribution is 2.33. The van der Waals surface area contributed by atoms with Gasteiger partial charge in [-0.2, -0.15) is 8.61 Å². The van der Waals surface area contributed by atoms with Gasteiger partial charge in [0.05, 0.1) is 9.79 Å². The maximum absolute atomic E-state index is 14.7. The second-order valence-electron chi connectivity index (χ2n) is 17.6. The van der Waals surface area contributed by atoms with Crippen LogP contribution in [0.15, 0.2) is 107 Å². The minimum absolute atomic E-state index is 0.00347. The Bertz CT molecular complexity index is 2860. The van der Waals surface area contributed by atoms with E-state index in [0.29, 0.717) is 55.3 Å². The van der Waals surface area contributed by atoms with Gasteiger partial charge in [0.15, 0.2) is 0 Å². The third-order valence-electron chi connectivity index (χ3n) is 12.8. The van der Waals surface area contributed by atoms with Gasteiger partial charge in [-0.15, -0.1) is 0 Å². The molecular weight excluding hydrogens is 873 g/mol. The van der Waals surface area contributed by atoms with E-state index in [1.165, 1.54) is 18.4 Å². The van der Waals surface area contributed by atoms with Gasteiger partial charge in [-0.05, 0) is 125 Å². The van der Waals surface area contributed by atoms with E-state index in [-0.39, 0.29) is 74.7 Å². The van der Waals surface area contributed by atoms with Crippen molar-refractivity contribution in [3.8, 4) is 0 Å². The highest BCUT2D eigenvalue weighted by Gasteiger charge is 2.36. The van der Waals surface area contributed by atoms with Crippen LogP contribution >= 0.6 is 0 Å². The number of hydrogen-bond donors (Lipinski definition) is 0. The number of benzene rings is 6. The fraction of sp³-hybridized carbons (Fsp3) is 0.308. The van der Waals surface area contributed by atoms with Gasteiger partial charge in [0, 0.05) is 72.3 Å². The van der Waals surface area contributed by atoms with Gasteiger partial charge in [0.25, 0.3) is 23.6 Å². The number of nitrogens with zero attached hydrogens (tertiary/aromatic N) is 4. The zero-order valence-electron chi connectivity index (χ0n) is 38.2. The van der Waals surface area contributed by atoms with Crippen LogP contribution < -0.4 is 0 Å². The summed E-state index contributed by atoms with van der Waals surface area (Å²) in [6.45, 7) is 10.9. The number of sulfonamides is 2. The first kappa shape index (κ1) is 46.5. The fourth-order valence-electron chi connectivity index (χ4n) is 10.1.